The summed E-state index contributed by atoms with van der Waals surface area (Å²) in [5.74, 6) is -0.226. The summed E-state index contributed by atoms with van der Waals surface area (Å²) >= 11 is 1.50. The number of thiazole rings is 1. The van der Waals surface area contributed by atoms with Gasteiger partial charge in [-0.05, 0) is 55.5 Å². The molecule has 8 heteroatoms. The first-order chi connectivity index (χ1) is 14.9. The minimum atomic E-state index is -0.450. The number of ether oxygens (including phenoxy) is 1. The standard InChI is InChI=1S/C23H23N3O4S/c1-15-11-16(2)22-20(12-15)24-23(31-22)25(14-19-7-4-10-30-19)21(27)9-8-17-5-3-6-18(13-17)26(28)29/h3,5-6,8-9,11-13,19H,4,7,10,14H2,1-2H3/b9-8+. The van der Waals surface area contributed by atoms with Gasteiger partial charge in [-0.1, -0.05) is 29.5 Å². The average molecular weight is 438 g/mol. The number of nitro groups is 1. The second-order valence-corrected chi connectivity index (χ2v) is 8.67. The summed E-state index contributed by atoms with van der Waals surface area (Å²) in [6.45, 7) is 5.21. The van der Waals surface area contributed by atoms with Crippen LogP contribution in [0.4, 0.5) is 10.8 Å². The van der Waals surface area contributed by atoms with Gasteiger partial charge in [0.05, 0.1) is 27.8 Å². The number of carbonyl (C=O) groups is 1. The normalized spacial score (nSPS) is 16.3. The fourth-order valence-electron chi connectivity index (χ4n) is 3.73. The van der Waals surface area contributed by atoms with Crippen LogP contribution in [-0.4, -0.2) is 35.1 Å². The predicted octanol–water partition coefficient (Wildman–Crippen LogP) is 5.05. The second-order valence-electron chi connectivity index (χ2n) is 7.70. The molecule has 3 aromatic rings. The summed E-state index contributed by atoms with van der Waals surface area (Å²) < 4.78 is 6.82. The Labute approximate surface area is 184 Å². The number of amides is 1. The van der Waals surface area contributed by atoms with Gasteiger partial charge in [0.25, 0.3) is 11.6 Å². The molecule has 1 saturated heterocycles. The number of anilines is 1. The van der Waals surface area contributed by atoms with E-state index in [9.17, 15) is 14.9 Å². The number of nitro benzene ring substituents is 1. The van der Waals surface area contributed by atoms with Crippen LogP contribution >= 0.6 is 11.3 Å². The van der Waals surface area contributed by atoms with Gasteiger partial charge in [-0.2, -0.15) is 0 Å². The summed E-state index contributed by atoms with van der Waals surface area (Å²) in [5.41, 5.74) is 3.73. The number of benzene rings is 2. The lowest BCUT2D eigenvalue weighted by atomic mass is 10.1. The molecule has 4 rings (SSSR count). The molecule has 1 fully saturated rings. The molecule has 2 aromatic carbocycles. The van der Waals surface area contributed by atoms with Gasteiger partial charge in [-0.15, -0.1) is 0 Å². The monoisotopic (exact) mass is 437 g/mol. The van der Waals surface area contributed by atoms with E-state index in [1.54, 1.807) is 23.1 Å². The van der Waals surface area contributed by atoms with E-state index < -0.39 is 4.92 Å². The third kappa shape index (κ3) is 4.81. The number of carbonyl (C=O) groups excluding carboxylic acids is 1. The quantitative estimate of drug-likeness (QED) is 0.306. The molecule has 0 N–H and O–H groups in total. The lowest BCUT2D eigenvalue weighted by Crippen LogP contribution is -2.36. The highest BCUT2D eigenvalue weighted by atomic mass is 32.1. The minimum Gasteiger partial charge on any atom is -0.376 e. The van der Waals surface area contributed by atoms with Crippen LogP contribution in [0.15, 0.2) is 42.5 Å². The molecule has 0 radical (unpaired) electrons. The van der Waals surface area contributed by atoms with E-state index in [0.29, 0.717) is 23.8 Å². The van der Waals surface area contributed by atoms with Crippen LogP contribution in [0, 0.1) is 24.0 Å². The number of hydrogen-bond acceptors (Lipinski definition) is 6. The number of hydrogen-bond donors (Lipinski definition) is 0. The van der Waals surface area contributed by atoms with Crippen molar-refractivity contribution in [1.29, 1.82) is 0 Å². The molecule has 1 aromatic heterocycles. The average Bonchev–Trinajstić information content (AvgIpc) is 3.40. The summed E-state index contributed by atoms with van der Waals surface area (Å²) in [6, 6.07) is 10.3. The SMILES string of the molecule is Cc1cc(C)c2sc(N(CC3CCCO3)C(=O)/C=C/c3cccc([N+](=O)[O-])c3)nc2c1. The lowest BCUT2D eigenvalue weighted by molar-refractivity contribution is -0.384. The Hall–Kier alpha value is -3.10. The van der Waals surface area contributed by atoms with E-state index in [2.05, 4.69) is 6.07 Å². The van der Waals surface area contributed by atoms with Gasteiger partial charge in [-0.25, -0.2) is 4.98 Å². The first-order valence-corrected chi connectivity index (χ1v) is 11.0. The number of nitrogens with zero attached hydrogens (tertiary/aromatic N) is 3. The first-order valence-electron chi connectivity index (χ1n) is 10.1. The van der Waals surface area contributed by atoms with Gasteiger partial charge >= 0.3 is 0 Å². The molecular weight excluding hydrogens is 414 g/mol. The first kappa shape index (κ1) is 21.1. The fraction of sp³-hybridized carbons (Fsp3) is 0.304. The largest absolute Gasteiger partial charge is 0.376 e. The molecule has 1 unspecified atom stereocenters. The molecule has 1 atom stereocenters. The maximum Gasteiger partial charge on any atom is 0.270 e. The van der Waals surface area contributed by atoms with Crippen LogP contribution < -0.4 is 4.90 Å². The zero-order chi connectivity index (χ0) is 22.0. The Morgan fingerprint density at radius 2 is 2.19 bits per heavy atom. The fourth-order valence-corrected chi connectivity index (χ4v) is 4.76. The van der Waals surface area contributed by atoms with Crippen molar-refractivity contribution in [3.05, 3.63) is 69.3 Å². The van der Waals surface area contributed by atoms with Crippen LogP contribution in [0.25, 0.3) is 16.3 Å². The Kier molecular flexibility index (Phi) is 6.11. The van der Waals surface area contributed by atoms with E-state index in [1.807, 2.05) is 19.9 Å². The van der Waals surface area contributed by atoms with Crippen molar-refractivity contribution in [2.45, 2.75) is 32.8 Å². The second kappa shape index (κ2) is 8.95. The molecule has 0 bridgehead atoms. The molecule has 1 amide bonds. The third-order valence-electron chi connectivity index (χ3n) is 5.22. The molecule has 160 valence electrons. The van der Waals surface area contributed by atoms with Crippen LogP contribution in [0.3, 0.4) is 0 Å². The van der Waals surface area contributed by atoms with E-state index in [-0.39, 0.29) is 17.7 Å². The Morgan fingerprint density at radius 3 is 2.94 bits per heavy atom. The van der Waals surface area contributed by atoms with Crippen LogP contribution in [0.1, 0.15) is 29.5 Å². The van der Waals surface area contributed by atoms with Crippen molar-refractivity contribution < 1.29 is 14.5 Å². The van der Waals surface area contributed by atoms with E-state index in [1.165, 1.54) is 29.5 Å². The number of aromatic nitrogens is 1. The maximum absolute atomic E-state index is 13.2. The van der Waals surface area contributed by atoms with Crippen molar-refractivity contribution in [1.82, 2.24) is 4.98 Å². The number of non-ortho nitro benzene ring substituents is 1. The molecule has 31 heavy (non-hydrogen) atoms. The Balaban J connectivity index is 1.64. The van der Waals surface area contributed by atoms with Crippen molar-refractivity contribution >= 4 is 44.4 Å². The zero-order valence-electron chi connectivity index (χ0n) is 17.4. The van der Waals surface area contributed by atoms with Crippen LogP contribution in [0.5, 0.6) is 0 Å². The molecule has 1 aliphatic heterocycles. The van der Waals surface area contributed by atoms with Gasteiger partial charge in [-0.3, -0.25) is 19.8 Å². The number of fused-ring (bicyclic) bond motifs is 1. The molecule has 2 heterocycles. The van der Waals surface area contributed by atoms with Crippen molar-refractivity contribution in [2.24, 2.45) is 0 Å². The summed E-state index contributed by atoms with van der Waals surface area (Å²) in [6.07, 6.45) is 4.90. The predicted molar refractivity (Wildman–Crippen MR) is 123 cm³/mol. The number of aryl methyl sites for hydroxylation is 2. The summed E-state index contributed by atoms with van der Waals surface area (Å²) in [7, 11) is 0. The van der Waals surface area contributed by atoms with E-state index in [4.69, 9.17) is 9.72 Å². The highest BCUT2D eigenvalue weighted by Gasteiger charge is 2.25. The molecule has 7 nitrogen and oxygen atoms in total. The van der Waals surface area contributed by atoms with Crippen LogP contribution in [0.2, 0.25) is 0 Å². The van der Waals surface area contributed by atoms with E-state index >= 15 is 0 Å². The van der Waals surface area contributed by atoms with Gasteiger partial charge < -0.3 is 4.74 Å². The lowest BCUT2D eigenvalue weighted by Gasteiger charge is -2.21. The molecule has 0 spiro atoms. The van der Waals surface area contributed by atoms with Gasteiger partial charge in [0.2, 0.25) is 0 Å². The van der Waals surface area contributed by atoms with Gasteiger partial charge in [0.15, 0.2) is 5.13 Å². The van der Waals surface area contributed by atoms with Crippen LogP contribution in [-0.2, 0) is 9.53 Å². The van der Waals surface area contributed by atoms with E-state index in [0.717, 1.165) is 34.2 Å². The molecule has 1 aliphatic rings. The number of rotatable bonds is 6. The Morgan fingerprint density at radius 1 is 1.35 bits per heavy atom. The molecular formula is C23H23N3O4S. The van der Waals surface area contributed by atoms with Crippen molar-refractivity contribution in [3.63, 3.8) is 0 Å². The molecule has 0 saturated carbocycles. The zero-order valence-corrected chi connectivity index (χ0v) is 18.2. The van der Waals surface area contributed by atoms with Gasteiger partial charge in [0.1, 0.15) is 0 Å². The molecule has 0 aliphatic carbocycles. The Bertz CT molecular complexity index is 1160. The smallest absolute Gasteiger partial charge is 0.270 e. The summed E-state index contributed by atoms with van der Waals surface area (Å²) in [5, 5.41) is 11.6. The third-order valence-corrected chi connectivity index (χ3v) is 6.44. The highest BCUT2D eigenvalue weighted by Crippen LogP contribution is 2.33. The van der Waals surface area contributed by atoms with Crippen molar-refractivity contribution in [3.8, 4) is 0 Å². The maximum atomic E-state index is 13.2. The van der Waals surface area contributed by atoms with Gasteiger partial charge in [0, 0.05) is 24.8 Å². The minimum absolute atomic E-state index is 0.0113. The topological polar surface area (TPSA) is 85.6 Å². The highest BCUT2D eigenvalue weighted by molar-refractivity contribution is 7.22. The van der Waals surface area contributed by atoms with Crippen molar-refractivity contribution in [2.75, 3.05) is 18.1 Å². The summed E-state index contributed by atoms with van der Waals surface area (Å²) in [4.78, 5) is 30.1.